The monoisotopic (exact) mass is 271 g/mol. The van der Waals surface area contributed by atoms with Crippen molar-refractivity contribution >= 4 is 11.9 Å². The van der Waals surface area contributed by atoms with Gasteiger partial charge in [-0.15, -0.1) is 0 Å². The van der Waals surface area contributed by atoms with Crippen LogP contribution in [0.1, 0.15) is 58.8 Å². The van der Waals surface area contributed by atoms with Crippen molar-refractivity contribution in [3.05, 3.63) is 0 Å². The number of carbonyl (C=O) groups excluding carboxylic acids is 1. The number of aliphatic hydroxyl groups is 1. The molecule has 0 aromatic rings. The average Bonchev–Trinajstić information content (AvgIpc) is 2.25. The summed E-state index contributed by atoms with van der Waals surface area (Å²) in [6.45, 7) is 3.44. The number of rotatable bonds is 6. The van der Waals surface area contributed by atoms with E-state index >= 15 is 0 Å². The van der Waals surface area contributed by atoms with Gasteiger partial charge in [0, 0.05) is 13.0 Å². The van der Waals surface area contributed by atoms with Gasteiger partial charge in [-0.3, -0.25) is 9.59 Å². The van der Waals surface area contributed by atoms with Crippen molar-refractivity contribution < 1.29 is 19.8 Å². The van der Waals surface area contributed by atoms with E-state index in [1.165, 1.54) is 0 Å². The van der Waals surface area contributed by atoms with E-state index in [1.807, 2.05) is 0 Å². The van der Waals surface area contributed by atoms with Crippen molar-refractivity contribution in [1.29, 1.82) is 0 Å². The predicted molar refractivity (Wildman–Crippen MR) is 71.7 cm³/mol. The molecule has 0 aromatic carbocycles. The summed E-state index contributed by atoms with van der Waals surface area (Å²) in [4.78, 5) is 22.9. The fourth-order valence-corrected chi connectivity index (χ4v) is 2.76. The van der Waals surface area contributed by atoms with E-state index in [1.54, 1.807) is 13.8 Å². The summed E-state index contributed by atoms with van der Waals surface area (Å²) in [7, 11) is 0. The predicted octanol–water partition coefficient (Wildman–Crippen LogP) is 1.69. The van der Waals surface area contributed by atoms with Crippen LogP contribution in [0, 0.1) is 5.41 Å². The number of carboxylic acid groups (broad SMARTS) is 1. The van der Waals surface area contributed by atoms with Crippen LogP contribution in [0.25, 0.3) is 0 Å². The second-order valence-electron chi connectivity index (χ2n) is 6.40. The van der Waals surface area contributed by atoms with E-state index < -0.39 is 17.0 Å². The number of nitrogens with one attached hydrogen (secondary N) is 1. The Bertz CT molecular complexity index is 327. The van der Waals surface area contributed by atoms with Crippen molar-refractivity contribution in [2.75, 3.05) is 6.54 Å². The summed E-state index contributed by atoms with van der Waals surface area (Å²) in [6.07, 6.45) is 5.01. The molecule has 0 aliphatic heterocycles. The molecule has 0 saturated heterocycles. The van der Waals surface area contributed by atoms with Crippen molar-refractivity contribution in [3.63, 3.8) is 0 Å². The van der Waals surface area contributed by atoms with Gasteiger partial charge in [-0.25, -0.2) is 0 Å². The molecule has 0 unspecified atom stereocenters. The van der Waals surface area contributed by atoms with Crippen LogP contribution in [0.3, 0.4) is 0 Å². The van der Waals surface area contributed by atoms with E-state index in [4.69, 9.17) is 5.11 Å². The van der Waals surface area contributed by atoms with Crippen LogP contribution in [0.4, 0.5) is 0 Å². The highest BCUT2D eigenvalue weighted by Crippen LogP contribution is 2.42. The van der Waals surface area contributed by atoms with Gasteiger partial charge in [0.2, 0.25) is 5.91 Å². The largest absolute Gasteiger partial charge is 0.481 e. The first-order valence-corrected chi connectivity index (χ1v) is 6.93. The fraction of sp³-hybridized carbons (Fsp3) is 0.857. The molecular weight excluding hydrogens is 246 g/mol. The molecule has 5 nitrogen and oxygen atoms in total. The SMILES string of the molecule is CC(C)(O)CNC(=O)CC1(CC(=O)O)CCCCC1. The third kappa shape index (κ3) is 6.05. The minimum absolute atomic E-state index is 0.0585. The van der Waals surface area contributed by atoms with Crippen LogP contribution in [-0.2, 0) is 9.59 Å². The summed E-state index contributed by atoms with van der Waals surface area (Å²) < 4.78 is 0. The Labute approximate surface area is 114 Å². The Morgan fingerprint density at radius 2 is 1.74 bits per heavy atom. The molecule has 0 spiro atoms. The first-order chi connectivity index (χ1) is 8.72. The summed E-state index contributed by atoms with van der Waals surface area (Å²) in [5.41, 5.74) is -1.34. The Morgan fingerprint density at radius 1 is 1.16 bits per heavy atom. The lowest BCUT2D eigenvalue weighted by molar-refractivity contribution is -0.141. The fourth-order valence-electron chi connectivity index (χ4n) is 2.76. The smallest absolute Gasteiger partial charge is 0.303 e. The summed E-state index contributed by atoms with van der Waals surface area (Å²) in [6, 6.07) is 0. The molecule has 1 saturated carbocycles. The zero-order chi connectivity index (χ0) is 14.5. The van der Waals surface area contributed by atoms with Gasteiger partial charge >= 0.3 is 5.97 Å². The van der Waals surface area contributed by atoms with E-state index in [0.717, 1.165) is 32.1 Å². The number of hydrogen-bond donors (Lipinski definition) is 3. The van der Waals surface area contributed by atoms with Gasteiger partial charge in [0.25, 0.3) is 0 Å². The number of carboxylic acids is 1. The van der Waals surface area contributed by atoms with Crippen LogP contribution in [0.15, 0.2) is 0 Å². The standard InChI is InChI=1S/C14H25NO4/c1-13(2,19)10-15-11(16)8-14(9-12(17)18)6-4-3-5-7-14/h19H,3-10H2,1-2H3,(H,15,16)(H,17,18). The number of amides is 1. The molecule has 0 radical (unpaired) electrons. The van der Waals surface area contributed by atoms with Crippen LogP contribution in [0.2, 0.25) is 0 Å². The minimum Gasteiger partial charge on any atom is -0.481 e. The molecular formula is C14H25NO4. The lowest BCUT2D eigenvalue weighted by Gasteiger charge is -2.35. The molecule has 5 heteroatoms. The van der Waals surface area contributed by atoms with E-state index in [9.17, 15) is 14.7 Å². The molecule has 1 aliphatic carbocycles. The van der Waals surface area contributed by atoms with Gasteiger partial charge in [-0.1, -0.05) is 19.3 Å². The maximum absolute atomic E-state index is 11.9. The van der Waals surface area contributed by atoms with Crippen LogP contribution >= 0.6 is 0 Å². The van der Waals surface area contributed by atoms with Gasteiger partial charge < -0.3 is 15.5 Å². The normalized spacial score (nSPS) is 18.9. The van der Waals surface area contributed by atoms with E-state index in [0.29, 0.717) is 0 Å². The summed E-state index contributed by atoms with van der Waals surface area (Å²) in [5, 5.41) is 21.3. The Kier molecular flexibility index (Phi) is 5.35. The van der Waals surface area contributed by atoms with Crippen molar-refractivity contribution in [2.45, 2.75) is 64.4 Å². The van der Waals surface area contributed by atoms with Crippen LogP contribution in [-0.4, -0.2) is 34.2 Å². The molecule has 0 aromatic heterocycles. The molecule has 3 N–H and O–H groups in total. The van der Waals surface area contributed by atoms with Crippen molar-refractivity contribution in [2.24, 2.45) is 5.41 Å². The second kappa shape index (κ2) is 6.37. The Hall–Kier alpha value is -1.10. The molecule has 0 heterocycles. The van der Waals surface area contributed by atoms with Crippen LogP contribution < -0.4 is 5.32 Å². The van der Waals surface area contributed by atoms with E-state index in [-0.39, 0.29) is 25.3 Å². The average molecular weight is 271 g/mol. The first kappa shape index (κ1) is 16.0. The second-order valence-corrected chi connectivity index (χ2v) is 6.40. The quantitative estimate of drug-likeness (QED) is 0.686. The highest BCUT2D eigenvalue weighted by atomic mass is 16.4. The highest BCUT2D eigenvalue weighted by molar-refractivity contribution is 5.78. The lowest BCUT2D eigenvalue weighted by atomic mass is 9.69. The lowest BCUT2D eigenvalue weighted by Crippen LogP contribution is -2.41. The molecule has 19 heavy (non-hydrogen) atoms. The topological polar surface area (TPSA) is 86.6 Å². The number of aliphatic carboxylic acids is 1. The summed E-state index contributed by atoms with van der Waals surface area (Å²) >= 11 is 0. The third-order valence-corrected chi connectivity index (χ3v) is 3.69. The zero-order valence-electron chi connectivity index (χ0n) is 11.9. The Balaban J connectivity index is 2.57. The highest BCUT2D eigenvalue weighted by Gasteiger charge is 2.36. The Morgan fingerprint density at radius 3 is 2.21 bits per heavy atom. The number of carbonyl (C=O) groups is 2. The molecule has 0 bridgehead atoms. The van der Waals surface area contributed by atoms with Gasteiger partial charge in [0.05, 0.1) is 12.0 Å². The first-order valence-electron chi connectivity index (χ1n) is 6.93. The van der Waals surface area contributed by atoms with Gasteiger partial charge in [-0.05, 0) is 32.1 Å². The zero-order valence-corrected chi connectivity index (χ0v) is 11.9. The van der Waals surface area contributed by atoms with Crippen LogP contribution in [0.5, 0.6) is 0 Å². The molecule has 1 amide bonds. The number of hydrogen-bond acceptors (Lipinski definition) is 3. The van der Waals surface area contributed by atoms with Gasteiger partial charge in [0.1, 0.15) is 0 Å². The third-order valence-electron chi connectivity index (χ3n) is 3.69. The molecule has 1 rings (SSSR count). The minimum atomic E-state index is -0.942. The van der Waals surface area contributed by atoms with Gasteiger partial charge in [0.15, 0.2) is 0 Å². The summed E-state index contributed by atoms with van der Waals surface area (Å²) in [5.74, 6) is -0.998. The maximum Gasteiger partial charge on any atom is 0.303 e. The maximum atomic E-state index is 11.9. The molecule has 110 valence electrons. The van der Waals surface area contributed by atoms with E-state index in [2.05, 4.69) is 5.32 Å². The van der Waals surface area contributed by atoms with Gasteiger partial charge in [-0.2, -0.15) is 0 Å². The molecule has 1 fully saturated rings. The molecule has 0 atom stereocenters. The molecule has 1 aliphatic rings. The van der Waals surface area contributed by atoms with Crippen molar-refractivity contribution in [3.8, 4) is 0 Å². The van der Waals surface area contributed by atoms with Crippen molar-refractivity contribution in [1.82, 2.24) is 5.32 Å².